The molecule has 82 valence electrons. The van der Waals surface area contributed by atoms with Crippen LogP contribution >= 0.6 is 15.9 Å². The van der Waals surface area contributed by atoms with Crippen LogP contribution in [0.1, 0.15) is 11.1 Å². The van der Waals surface area contributed by atoms with E-state index < -0.39 is 6.30 Å². The lowest BCUT2D eigenvalue weighted by Gasteiger charge is -2.30. The zero-order valence-electron chi connectivity index (χ0n) is 7.81. The molecule has 1 nitrogen and oxygen atoms in total. The van der Waals surface area contributed by atoms with Crippen molar-refractivity contribution in [1.82, 2.24) is 4.90 Å². The summed E-state index contributed by atoms with van der Waals surface area (Å²) in [5.41, 5.74) is 1.76. The molecule has 0 bridgehead atoms. The van der Waals surface area contributed by atoms with E-state index in [9.17, 15) is 13.2 Å². The molecule has 0 unspecified atom stereocenters. The smallest absolute Gasteiger partial charge is 0.210 e. The molecule has 1 aliphatic heterocycles. The summed E-state index contributed by atoms with van der Waals surface area (Å²) >= 11 is 3.28. The Balaban J connectivity index is 2.30. The fourth-order valence-corrected chi connectivity index (χ4v) is 2.29. The number of alkyl halides is 3. The van der Waals surface area contributed by atoms with Crippen LogP contribution in [-0.2, 0) is 13.0 Å². The maximum Gasteiger partial charge on any atom is 0.460 e. The van der Waals surface area contributed by atoms with E-state index in [0.29, 0.717) is 11.3 Å². The molecule has 2 rings (SSSR count). The van der Waals surface area contributed by atoms with E-state index in [4.69, 9.17) is 0 Å². The minimum atomic E-state index is -4.23. The molecule has 0 aliphatic carbocycles. The zero-order chi connectivity index (χ0) is 11.1. The third kappa shape index (κ3) is 2.18. The van der Waals surface area contributed by atoms with Crippen LogP contribution < -0.4 is 0 Å². The number of rotatable bonds is 0. The van der Waals surface area contributed by atoms with Crippen molar-refractivity contribution < 1.29 is 13.2 Å². The van der Waals surface area contributed by atoms with Gasteiger partial charge in [-0.3, -0.25) is 0 Å². The van der Waals surface area contributed by atoms with Crippen LogP contribution in [0.5, 0.6) is 0 Å². The first kappa shape index (κ1) is 11.0. The fourth-order valence-electron chi connectivity index (χ4n) is 1.76. The normalized spacial score (nSPS) is 17.6. The molecule has 0 radical (unpaired) electrons. The first-order valence-corrected chi connectivity index (χ1v) is 5.36. The van der Waals surface area contributed by atoms with Gasteiger partial charge in [0, 0.05) is 17.6 Å². The highest BCUT2D eigenvalue weighted by atomic mass is 79.9. The summed E-state index contributed by atoms with van der Waals surface area (Å²) < 4.78 is 38.2. The second-order valence-electron chi connectivity index (χ2n) is 3.52. The zero-order valence-corrected chi connectivity index (χ0v) is 9.40. The van der Waals surface area contributed by atoms with Gasteiger partial charge in [0.2, 0.25) is 0 Å². The van der Waals surface area contributed by atoms with Crippen molar-refractivity contribution in [3.8, 4) is 0 Å². The van der Waals surface area contributed by atoms with Crippen molar-refractivity contribution in [1.29, 1.82) is 0 Å². The second-order valence-corrected chi connectivity index (χ2v) is 4.37. The van der Waals surface area contributed by atoms with Gasteiger partial charge in [0.05, 0.1) is 0 Å². The molecule has 0 aromatic heterocycles. The van der Waals surface area contributed by atoms with Gasteiger partial charge in [0.15, 0.2) is 0 Å². The second kappa shape index (κ2) is 3.79. The maximum atomic E-state index is 12.5. The quantitative estimate of drug-likeness (QED) is 0.659. The van der Waals surface area contributed by atoms with Gasteiger partial charge >= 0.3 is 6.30 Å². The van der Waals surface area contributed by atoms with Gasteiger partial charge in [-0.25, -0.2) is 4.90 Å². The van der Waals surface area contributed by atoms with Crippen LogP contribution in [0.15, 0.2) is 22.7 Å². The lowest BCUT2D eigenvalue weighted by molar-refractivity contribution is -0.250. The molecule has 15 heavy (non-hydrogen) atoms. The summed E-state index contributed by atoms with van der Waals surface area (Å²) in [4.78, 5) is 0.542. The SMILES string of the molecule is FC(F)(F)N1CCc2cccc(Br)c2C1. The fraction of sp³-hybridized carbons (Fsp3) is 0.400. The number of fused-ring (bicyclic) bond motifs is 1. The number of hydrogen-bond donors (Lipinski definition) is 0. The highest BCUT2D eigenvalue weighted by Crippen LogP contribution is 2.32. The summed E-state index contributed by atoms with van der Waals surface area (Å²) in [7, 11) is 0. The van der Waals surface area contributed by atoms with Gasteiger partial charge in [-0.2, -0.15) is 13.2 Å². The Hall–Kier alpha value is -0.550. The Morgan fingerprint density at radius 2 is 2.00 bits per heavy atom. The van der Waals surface area contributed by atoms with Gasteiger partial charge in [-0.1, -0.05) is 28.1 Å². The van der Waals surface area contributed by atoms with Gasteiger partial charge in [-0.15, -0.1) is 0 Å². The highest BCUT2D eigenvalue weighted by molar-refractivity contribution is 9.10. The van der Waals surface area contributed by atoms with Gasteiger partial charge in [0.1, 0.15) is 0 Å². The van der Waals surface area contributed by atoms with Crippen molar-refractivity contribution in [3.63, 3.8) is 0 Å². The first-order valence-electron chi connectivity index (χ1n) is 4.56. The molecule has 1 aliphatic rings. The first-order chi connectivity index (χ1) is 6.98. The van der Waals surface area contributed by atoms with E-state index in [1.807, 2.05) is 12.1 Å². The van der Waals surface area contributed by atoms with Crippen molar-refractivity contribution >= 4 is 15.9 Å². The summed E-state index contributed by atoms with van der Waals surface area (Å²) in [5, 5.41) is 0. The predicted molar refractivity (Wildman–Crippen MR) is 54.3 cm³/mol. The largest absolute Gasteiger partial charge is 0.460 e. The van der Waals surface area contributed by atoms with Gasteiger partial charge in [-0.05, 0) is 23.6 Å². The Bertz CT molecular complexity index is 375. The minimum absolute atomic E-state index is 0.0486. The van der Waals surface area contributed by atoms with Gasteiger partial charge in [0.25, 0.3) is 0 Å². The van der Waals surface area contributed by atoms with E-state index in [1.54, 1.807) is 6.07 Å². The lowest BCUT2D eigenvalue weighted by Crippen LogP contribution is -2.41. The number of benzene rings is 1. The molecule has 1 aromatic rings. The van der Waals surface area contributed by atoms with Crippen molar-refractivity contribution in [2.24, 2.45) is 0 Å². The third-order valence-corrected chi connectivity index (χ3v) is 3.32. The van der Waals surface area contributed by atoms with E-state index in [0.717, 1.165) is 15.6 Å². The van der Waals surface area contributed by atoms with Crippen LogP contribution in [0, 0.1) is 0 Å². The topological polar surface area (TPSA) is 3.24 Å². The molecule has 0 amide bonds. The van der Waals surface area contributed by atoms with Gasteiger partial charge < -0.3 is 0 Å². The monoisotopic (exact) mass is 279 g/mol. The molecule has 0 fully saturated rings. The summed E-state index contributed by atoms with van der Waals surface area (Å²) in [6.07, 6.45) is -3.78. The van der Waals surface area contributed by atoms with E-state index in [2.05, 4.69) is 15.9 Å². The summed E-state index contributed by atoms with van der Waals surface area (Å²) in [6, 6.07) is 5.51. The summed E-state index contributed by atoms with van der Waals surface area (Å²) in [6.45, 7) is -0.00674. The molecular formula is C10H9BrF3N. The molecule has 0 N–H and O–H groups in total. The van der Waals surface area contributed by atoms with Crippen molar-refractivity contribution in [2.45, 2.75) is 19.3 Å². The molecule has 0 saturated carbocycles. The summed E-state index contributed by atoms with van der Waals surface area (Å²) in [5.74, 6) is 0. The molecule has 1 aromatic carbocycles. The van der Waals surface area contributed by atoms with E-state index in [-0.39, 0.29) is 13.1 Å². The minimum Gasteiger partial charge on any atom is -0.210 e. The van der Waals surface area contributed by atoms with Crippen LogP contribution in [0.4, 0.5) is 13.2 Å². The molecule has 0 saturated heterocycles. The maximum absolute atomic E-state index is 12.5. The standard InChI is InChI=1S/C10H9BrF3N/c11-9-3-1-2-7-4-5-15(6-8(7)9)10(12,13)14/h1-3H,4-6H2. The number of hydrogen-bond acceptors (Lipinski definition) is 1. The Labute approximate surface area is 94.0 Å². The molecule has 0 atom stereocenters. The molecule has 0 spiro atoms. The highest BCUT2D eigenvalue weighted by Gasteiger charge is 2.39. The van der Waals surface area contributed by atoms with Crippen LogP contribution in [0.2, 0.25) is 0 Å². The Morgan fingerprint density at radius 3 is 2.67 bits per heavy atom. The van der Waals surface area contributed by atoms with E-state index >= 15 is 0 Å². The van der Waals surface area contributed by atoms with Crippen LogP contribution in [0.25, 0.3) is 0 Å². The predicted octanol–water partition coefficient (Wildman–Crippen LogP) is 3.33. The average molecular weight is 280 g/mol. The molecule has 5 heteroatoms. The number of halogens is 4. The average Bonchev–Trinajstić information content (AvgIpc) is 2.16. The molecule has 1 heterocycles. The Kier molecular flexibility index (Phi) is 2.77. The lowest BCUT2D eigenvalue weighted by atomic mass is 10.0. The van der Waals surface area contributed by atoms with Crippen LogP contribution in [-0.4, -0.2) is 17.7 Å². The van der Waals surface area contributed by atoms with E-state index in [1.165, 1.54) is 0 Å². The third-order valence-electron chi connectivity index (χ3n) is 2.57. The van der Waals surface area contributed by atoms with Crippen molar-refractivity contribution in [2.75, 3.05) is 6.54 Å². The number of nitrogens with zero attached hydrogens (tertiary/aromatic N) is 1. The Morgan fingerprint density at radius 1 is 1.27 bits per heavy atom. The van der Waals surface area contributed by atoms with Crippen molar-refractivity contribution in [3.05, 3.63) is 33.8 Å². The molecular weight excluding hydrogens is 271 g/mol. The van der Waals surface area contributed by atoms with Crippen LogP contribution in [0.3, 0.4) is 0 Å².